The first-order chi connectivity index (χ1) is 8.83. The van der Waals surface area contributed by atoms with Gasteiger partial charge in [-0.2, -0.15) is 0 Å². The first kappa shape index (κ1) is 15.3. The fraction of sp³-hybridized carbons (Fsp3) is 0.533. The van der Waals surface area contributed by atoms with E-state index in [0.29, 0.717) is 17.9 Å². The molecule has 0 saturated carbocycles. The van der Waals surface area contributed by atoms with Gasteiger partial charge in [-0.1, -0.05) is 20.8 Å². The molecule has 0 radical (unpaired) electrons. The normalized spacial score (nSPS) is 11.2. The van der Waals surface area contributed by atoms with Gasteiger partial charge in [0.25, 0.3) is 0 Å². The summed E-state index contributed by atoms with van der Waals surface area (Å²) in [4.78, 5) is 11.7. The fourth-order valence-corrected chi connectivity index (χ4v) is 1.63. The molecule has 0 aliphatic heterocycles. The summed E-state index contributed by atoms with van der Waals surface area (Å²) in [5, 5.41) is 3.30. The van der Waals surface area contributed by atoms with Crippen molar-refractivity contribution in [2.75, 3.05) is 24.2 Å². The number of anilines is 2. The summed E-state index contributed by atoms with van der Waals surface area (Å²) in [6.07, 6.45) is 1.05. The van der Waals surface area contributed by atoms with Crippen molar-refractivity contribution in [3.63, 3.8) is 0 Å². The largest absolute Gasteiger partial charge is 0.462 e. The molecule has 3 N–H and O–H groups in total. The zero-order valence-electron chi connectivity index (χ0n) is 12.2. The third kappa shape index (κ3) is 5.20. The third-order valence-corrected chi connectivity index (χ3v) is 2.75. The molecule has 1 aromatic carbocycles. The van der Waals surface area contributed by atoms with E-state index >= 15 is 0 Å². The van der Waals surface area contributed by atoms with Gasteiger partial charge in [0, 0.05) is 17.9 Å². The molecule has 0 amide bonds. The van der Waals surface area contributed by atoms with E-state index in [1.54, 1.807) is 19.1 Å². The van der Waals surface area contributed by atoms with E-state index in [1.807, 2.05) is 6.07 Å². The summed E-state index contributed by atoms with van der Waals surface area (Å²) in [5.74, 6) is -0.375. The lowest BCUT2D eigenvalue weighted by molar-refractivity contribution is 0.0527. The SMILES string of the molecule is CCOC(=O)c1cc(NCCC(C)(C)C)ccc1N. The van der Waals surface area contributed by atoms with Crippen LogP contribution in [0.1, 0.15) is 44.5 Å². The fourth-order valence-electron chi connectivity index (χ4n) is 1.63. The van der Waals surface area contributed by atoms with Crippen LogP contribution in [0.25, 0.3) is 0 Å². The summed E-state index contributed by atoms with van der Waals surface area (Å²) >= 11 is 0. The van der Waals surface area contributed by atoms with Crippen molar-refractivity contribution in [1.82, 2.24) is 0 Å². The number of hydrogen-bond donors (Lipinski definition) is 2. The van der Waals surface area contributed by atoms with Crippen LogP contribution in [-0.2, 0) is 4.74 Å². The van der Waals surface area contributed by atoms with Crippen molar-refractivity contribution in [3.8, 4) is 0 Å². The molecule has 0 bridgehead atoms. The van der Waals surface area contributed by atoms with Crippen LogP contribution in [0.15, 0.2) is 18.2 Å². The molecule has 4 nitrogen and oxygen atoms in total. The number of nitrogen functional groups attached to an aromatic ring is 1. The second-order valence-electron chi connectivity index (χ2n) is 5.76. The summed E-state index contributed by atoms with van der Waals surface area (Å²) in [6.45, 7) is 9.57. The Labute approximate surface area is 115 Å². The van der Waals surface area contributed by atoms with Crippen LogP contribution >= 0.6 is 0 Å². The van der Waals surface area contributed by atoms with Crippen molar-refractivity contribution in [2.24, 2.45) is 5.41 Å². The smallest absolute Gasteiger partial charge is 0.340 e. The number of nitrogens with one attached hydrogen (secondary N) is 1. The molecule has 0 unspecified atom stereocenters. The maximum absolute atomic E-state index is 11.7. The van der Waals surface area contributed by atoms with Crippen molar-refractivity contribution in [1.29, 1.82) is 0 Å². The molecule has 0 aliphatic rings. The standard InChI is InChI=1S/C15H24N2O2/c1-5-19-14(18)12-10-11(6-7-13(12)16)17-9-8-15(2,3)4/h6-7,10,17H,5,8-9,16H2,1-4H3. The lowest BCUT2D eigenvalue weighted by Crippen LogP contribution is -2.14. The van der Waals surface area contributed by atoms with Gasteiger partial charge in [-0.3, -0.25) is 0 Å². The number of ether oxygens (including phenoxy) is 1. The first-order valence-electron chi connectivity index (χ1n) is 6.64. The molecule has 0 spiro atoms. The van der Waals surface area contributed by atoms with Gasteiger partial charge < -0.3 is 15.8 Å². The first-order valence-corrected chi connectivity index (χ1v) is 6.64. The quantitative estimate of drug-likeness (QED) is 0.632. The highest BCUT2D eigenvalue weighted by Crippen LogP contribution is 2.21. The highest BCUT2D eigenvalue weighted by Gasteiger charge is 2.12. The Morgan fingerprint density at radius 1 is 1.37 bits per heavy atom. The molecule has 4 heteroatoms. The van der Waals surface area contributed by atoms with Gasteiger partial charge in [-0.25, -0.2) is 4.79 Å². The van der Waals surface area contributed by atoms with Gasteiger partial charge in [0.2, 0.25) is 0 Å². The molecule has 1 rings (SSSR count). The predicted molar refractivity (Wildman–Crippen MR) is 79.4 cm³/mol. The molecule has 0 fully saturated rings. The number of hydrogen-bond acceptors (Lipinski definition) is 4. The Morgan fingerprint density at radius 2 is 2.05 bits per heavy atom. The van der Waals surface area contributed by atoms with Crippen molar-refractivity contribution in [2.45, 2.75) is 34.1 Å². The van der Waals surface area contributed by atoms with Crippen LogP contribution in [0, 0.1) is 5.41 Å². The number of nitrogens with two attached hydrogens (primary N) is 1. The van der Waals surface area contributed by atoms with Crippen LogP contribution in [0.5, 0.6) is 0 Å². The van der Waals surface area contributed by atoms with Crippen LogP contribution in [0.2, 0.25) is 0 Å². The maximum atomic E-state index is 11.7. The zero-order chi connectivity index (χ0) is 14.5. The molecule has 19 heavy (non-hydrogen) atoms. The number of rotatable bonds is 5. The minimum absolute atomic E-state index is 0.283. The average Bonchev–Trinajstić information content (AvgIpc) is 2.30. The average molecular weight is 264 g/mol. The van der Waals surface area contributed by atoms with Crippen LogP contribution in [0.3, 0.4) is 0 Å². The summed E-state index contributed by atoms with van der Waals surface area (Å²) in [7, 11) is 0. The van der Waals surface area contributed by atoms with Crippen molar-refractivity contribution in [3.05, 3.63) is 23.8 Å². The van der Waals surface area contributed by atoms with E-state index in [0.717, 1.165) is 18.7 Å². The van der Waals surface area contributed by atoms with Gasteiger partial charge in [0.1, 0.15) is 0 Å². The second-order valence-corrected chi connectivity index (χ2v) is 5.76. The van der Waals surface area contributed by atoms with E-state index in [2.05, 4.69) is 26.1 Å². The van der Waals surface area contributed by atoms with Crippen LogP contribution in [0.4, 0.5) is 11.4 Å². The molecule has 1 aromatic rings. The Bertz CT molecular complexity index is 436. The third-order valence-electron chi connectivity index (χ3n) is 2.75. The van der Waals surface area contributed by atoms with E-state index in [4.69, 9.17) is 10.5 Å². The molecule has 0 aromatic heterocycles. The van der Waals surface area contributed by atoms with Gasteiger partial charge >= 0.3 is 5.97 Å². The van der Waals surface area contributed by atoms with Gasteiger partial charge in [0.15, 0.2) is 0 Å². The van der Waals surface area contributed by atoms with Crippen LogP contribution < -0.4 is 11.1 Å². The summed E-state index contributed by atoms with van der Waals surface area (Å²) < 4.78 is 4.98. The molecule has 106 valence electrons. The highest BCUT2D eigenvalue weighted by molar-refractivity contribution is 5.96. The predicted octanol–water partition coefficient (Wildman–Crippen LogP) is 3.29. The van der Waals surface area contributed by atoms with Gasteiger partial charge in [-0.05, 0) is 37.0 Å². The molecular formula is C15H24N2O2. The number of carbonyl (C=O) groups is 1. The Balaban J connectivity index is 2.71. The molecular weight excluding hydrogens is 240 g/mol. The van der Waals surface area contributed by atoms with Crippen molar-refractivity contribution >= 4 is 17.3 Å². The van der Waals surface area contributed by atoms with E-state index in [-0.39, 0.29) is 11.4 Å². The van der Waals surface area contributed by atoms with E-state index in [1.165, 1.54) is 0 Å². The van der Waals surface area contributed by atoms with Crippen molar-refractivity contribution < 1.29 is 9.53 Å². The van der Waals surface area contributed by atoms with E-state index in [9.17, 15) is 4.79 Å². The van der Waals surface area contributed by atoms with Gasteiger partial charge in [0.05, 0.1) is 12.2 Å². The summed E-state index contributed by atoms with van der Waals surface area (Å²) in [6, 6.07) is 5.35. The van der Waals surface area contributed by atoms with Gasteiger partial charge in [-0.15, -0.1) is 0 Å². The Kier molecular flexibility index (Phi) is 5.21. The Morgan fingerprint density at radius 3 is 2.63 bits per heavy atom. The maximum Gasteiger partial charge on any atom is 0.340 e. The zero-order valence-corrected chi connectivity index (χ0v) is 12.2. The Hall–Kier alpha value is -1.71. The number of esters is 1. The lowest BCUT2D eigenvalue weighted by Gasteiger charge is -2.18. The number of carbonyl (C=O) groups excluding carboxylic acids is 1. The number of benzene rings is 1. The molecule has 0 aliphatic carbocycles. The monoisotopic (exact) mass is 264 g/mol. The highest BCUT2D eigenvalue weighted by atomic mass is 16.5. The molecule has 0 saturated heterocycles. The minimum atomic E-state index is -0.375. The summed E-state index contributed by atoms with van der Waals surface area (Å²) in [5.41, 5.74) is 7.83. The minimum Gasteiger partial charge on any atom is -0.462 e. The van der Waals surface area contributed by atoms with Crippen LogP contribution in [-0.4, -0.2) is 19.1 Å². The topological polar surface area (TPSA) is 64.3 Å². The lowest BCUT2D eigenvalue weighted by atomic mass is 9.92. The molecule has 0 atom stereocenters. The second kappa shape index (κ2) is 6.45. The van der Waals surface area contributed by atoms with E-state index < -0.39 is 0 Å². The molecule has 0 heterocycles.